The van der Waals surface area contributed by atoms with Crippen molar-refractivity contribution < 1.29 is 13.2 Å². The van der Waals surface area contributed by atoms with Crippen LogP contribution in [0.4, 0.5) is 13.2 Å². The molecule has 0 aliphatic heterocycles. The number of rotatable bonds is 2. The Bertz CT molecular complexity index is 291. The van der Waals surface area contributed by atoms with Crippen molar-refractivity contribution in [1.82, 2.24) is 4.98 Å². The highest BCUT2D eigenvalue weighted by Gasteiger charge is 2.14. The van der Waals surface area contributed by atoms with E-state index in [4.69, 9.17) is 0 Å². The van der Waals surface area contributed by atoms with Gasteiger partial charge in [0.1, 0.15) is 5.69 Å². The molecule has 1 nitrogen and oxygen atoms in total. The Morgan fingerprint density at radius 2 is 2.15 bits per heavy atom. The molecule has 0 radical (unpaired) electrons. The van der Waals surface area contributed by atoms with Gasteiger partial charge in [-0.1, -0.05) is 15.9 Å². The monoisotopic (exact) mass is 253 g/mol. The van der Waals surface area contributed by atoms with E-state index in [-0.39, 0.29) is 5.33 Å². The second-order valence-corrected chi connectivity index (χ2v) is 3.13. The first-order chi connectivity index (χ1) is 6.06. The first-order valence-corrected chi connectivity index (χ1v) is 4.68. The fourth-order valence-corrected chi connectivity index (χ4v) is 1.63. The van der Waals surface area contributed by atoms with Crippen LogP contribution in [0.5, 0.6) is 0 Å². The highest BCUT2D eigenvalue weighted by Crippen LogP contribution is 2.22. The van der Waals surface area contributed by atoms with Crippen LogP contribution in [0.1, 0.15) is 23.2 Å². The van der Waals surface area contributed by atoms with Gasteiger partial charge in [0, 0.05) is 10.9 Å². The molecule has 1 rings (SSSR count). The zero-order valence-electron chi connectivity index (χ0n) is 6.82. The molecule has 5 heteroatoms. The van der Waals surface area contributed by atoms with Gasteiger partial charge in [0.05, 0.1) is 0 Å². The minimum atomic E-state index is -2.72. The van der Waals surface area contributed by atoms with Gasteiger partial charge >= 0.3 is 0 Å². The number of hydrogen-bond acceptors (Lipinski definition) is 1. The van der Waals surface area contributed by atoms with E-state index in [1.807, 2.05) is 0 Å². The second kappa shape index (κ2) is 4.09. The number of pyridine rings is 1. The molecule has 0 fully saturated rings. The zero-order chi connectivity index (χ0) is 10.0. The molecule has 0 saturated carbocycles. The lowest BCUT2D eigenvalue weighted by Gasteiger charge is -2.05. The van der Waals surface area contributed by atoms with Crippen molar-refractivity contribution in [3.8, 4) is 0 Å². The third-order valence-electron chi connectivity index (χ3n) is 1.67. The lowest BCUT2D eigenvalue weighted by molar-refractivity contribution is 0.144. The number of nitrogens with zero attached hydrogens (tertiary/aromatic N) is 1. The van der Waals surface area contributed by atoms with Crippen molar-refractivity contribution in [2.75, 3.05) is 0 Å². The van der Waals surface area contributed by atoms with Crippen LogP contribution in [-0.4, -0.2) is 4.98 Å². The van der Waals surface area contributed by atoms with E-state index in [0.717, 1.165) is 0 Å². The summed E-state index contributed by atoms with van der Waals surface area (Å²) in [5.41, 5.74) is 0.295. The molecule has 0 aliphatic rings. The molecule has 0 bridgehead atoms. The largest absolute Gasteiger partial charge is 0.280 e. The van der Waals surface area contributed by atoms with E-state index in [1.165, 1.54) is 6.07 Å². The standard InChI is InChI=1S/C8H7BrF3N/c1-4-2-6(7(10)11)13-8(12)5(4)3-9/h2,7H,3H2,1H3. The van der Waals surface area contributed by atoms with Crippen LogP contribution < -0.4 is 0 Å². The Balaban J connectivity index is 3.20. The summed E-state index contributed by atoms with van der Waals surface area (Å²) in [5, 5.41) is 0.279. The predicted octanol–water partition coefficient (Wildman–Crippen LogP) is 3.36. The fraction of sp³-hybridized carbons (Fsp3) is 0.375. The quantitative estimate of drug-likeness (QED) is 0.582. The lowest BCUT2D eigenvalue weighted by Crippen LogP contribution is -2.00. The van der Waals surface area contributed by atoms with Crippen LogP contribution in [0.3, 0.4) is 0 Å². The molecule has 0 aliphatic carbocycles. The molecule has 0 N–H and O–H groups in total. The summed E-state index contributed by atoms with van der Waals surface area (Å²) in [4.78, 5) is 3.16. The first kappa shape index (κ1) is 10.5. The molecule has 0 aromatic carbocycles. The molecule has 13 heavy (non-hydrogen) atoms. The third kappa shape index (κ3) is 2.21. The minimum absolute atomic E-state index is 0.279. The van der Waals surface area contributed by atoms with Gasteiger partial charge in [-0.05, 0) is 18.6 Å². The van der Waals surface area contributed by atoms with Crippen LogP contribution in [0.2, 0.25) is 0 Å². The minimum Gasteiger partial charge on any atom is -0.218 e. The summed E-state index contributed by atoms with van der Waals surface area (Å²) in [6, 6.07) is 1.20. The maximum absolute atomic E-state index is 13.0. The normalized spacial score (nSPS) is 10.9. The Morgan fingerprint density at radius 1 is 1.54 bits per heavy atom. The molecule has 1 aromatic heterocycles. The Morgan fingerprint density at radius 3 is 2.54 bits per heavy atom. The van der Waals surface area contributed by atoms with Gasteiger partial charge < -0.3 is 0 Å². The van der Waals surface area contributed by atoms with Crippen LogP contribution in [-0.2, 0) is 5.33 Å². The maximum atomic E-state index is 13.0. The molecule has 0 unspecified atom stereocenters. The molecule has 0 amide bonds. The first-order valence-electron chi connectivity index (χ1n) is 3.56. The summed E-state index contributed by atoms with van der Waals surface area (Å²) in [7, 11) is 0. The van der Waals surface area contributed by atoms with Crippen LogP contribution in [0.15, 0.2) is 6.07 Å². The predicted molar refractivity (Wildman–Crippen MR) is 46.5 cm³/mol. The number of alkyl halides is 3. The average molecular weight is 254 g/mol. The summed E-state index contributed by atoms with van der Waals surface area (Å²) < 4.78 is 37.2. The Labute approximate surface area is 82.1 Å². The van der Waals surface area contributed by atoms with Crippen molar-refractivity contribution in [3.63, 3.8) is 0 Å². The van der Waals surface area contributed by atoms with Gasteiger partial charge in [-0.25, -0.2) is 13.8 Å². The van der Waals surface area contributed by atoms with Crippen LogP contribution in [0, 0.1) is 12.9 Å². The third-order valence-corrected chi connectivity index (χ3v) is 2.23. The van der Waals surface area contributed by atoms with Crippen molar-refractivity contribution >= 4 is 15.9 Å². The summed E-state index contributed by atoms with van der Waals surface area (Å²) in [6.07, 6.45) is -2.72. The van der Waals surface area contributed by atoms with E-state index < -0.39 is 18.1 Å². The van der Waals surface area contributed by atoms with Crippen LogP contribution >= 0.6 is 15.9 Å². The molecule has 0 atom stereocenters. The molecule has 1 aromatic rings. The van der Waals surface area contributed by atoms with E-state index in [2.05, 4.69) is 20.9 Å². The highest BCUT2D eigenvalue weighted by molar-refractivity contribution is 9.08. The van der Waals surface area contributed by atoms with Crippen molar-refractivity contribution in [3.05, 3.63) is 28.8 Å². The molecule has 1 heterocycles. The van der Waals surface area contributed by atoms with Crippen molar-refractivity contribution in [2.24, 2.45) is 0 Å². The summed E-state index contributed by atoms with van der Waals surface area (Å²) in [6.45, 7) is 1.58. The van der Waals surface area contributed by atoms with Crippen molar-refractivity contribution in [1.29, 1.82) is 0 Å². The smallest absolute Gasteiger partial charge is 0.218 e. The average Bonchev–Trinajstić information content (AvgIpc) is 2.03. The van der Waals surface area contributed by atoms with E-state index in [9.17, 15) is 13.2 Å². The Hall–Kier alpha value is -0.580. The van der Waals surface area contributed by atoms with Gasteiger partial charge in [-0.3, -0.25) is 0 Å². The van der Waals surface area contributed by atoms with Gasteiger partial charge in [-0.2, -0.15) is 4.39 Å². The summed E-state index contributed by atoms with van der Waals surface area (Å²) >= 11 is 3.05. The molecular weight excluding hydrogens is 247 g/mol. The fourth-order valence-electron chi connectivity index (χ4n) is 0.957. The highest BCUT2D eigenvalue weighted by atomic mass is 79.9. The molecule has 72 valence electrons. The maximum Gasteiger partial charge on any atom is 0.280 e. The number of aromatic nitrogens is 1. The molecular formula is C8H7BrF3N. The Kier molecular flexibility index (Phi) is 3.30. The number of halogens is 4. The van der Waals surface area contributed by atoms with Gasteiger partial charge in [0.15, 0.2) is 0 Å². The lowest BCUT2D eigenvalue weighted by atomic mass is 10.1. The van der Waals surface area contributed by atoms with Gasteiger partial charge in [0.25, 0.3) is 6.43 Å². The number of aryl methyl sites for hydroxylation is 1. The van der Waals surface area contributed by atoms with Crippen molar-refractivity contribution in [2.45, 2.75) is 18.7 Å². The topological polar surface area (TPSA) is 12.9 Å². The molecule has 0 spiro atoms. The van der Waals surface area contributed by atoms with E-state index in [0.29, 0.717) is 11.1 Å². The summed E-state index contributed by atoms with van der Waals surface area (Å²) in [5.74, 6) is -0.827. The van der Waals surface area contributed by atoms with Gasteiger partial charge in [0.2, 0.25) is 5.95 Å². The molecule has 0 saturated heterocycles. The number of hydrogen-bond donors (Lipinski definition) is 0. The van der Waals surface area contributed by atoms with E-state index in [1.54, 1.807) is 6.92 Å². The van der Waals surface area contributed by atoms with E-state index >= 15 is 0 Å². The SMILES string of the molecule is Cc1cc(C(F)F)nc(F)c1CBr. The van der Waals surface area contributed by atoms with Crippen LogP contribution in [0.25, 0.3) is 0 Å². The second-order valence-electron chi connectivity index (χ2n) is 2.57. The van der Waals surface area contributed by atoms with Gasteiger partial charge in [-0.15, -0.1) is 0 Å². The zero-order valence-corrected chi connectivity index (χ0v) is 8.41.